The SMILES string of the molecule is CCn1c(=O)c2ccccc2n2c(CSc3nnc(-c4ccc(OC)c(OC)c4)o3)nnc12. The van der Waals surface area contributed by atoms with Gasteiger partial charge in [0, 0.05) is 12.1 Å². The van der Waals surface area contributed by atoms with E-state index in [1.165, 1.54) is 11.8 Å². The fraction of sp³-hybridized carbons (Fsp3) is 0.227. The average molecular weight is 465 g/mol. The van der Waals surface area contributed by atoms with E-state index in [0.29, 0.717) is 51.9 Å². The lowest BCUT2D eigenvalue weighted by Gasteiger charge is -2.09. The molecule has 0 N–H and O–H groups in total. The number of hydrogen-bond acceptors (Lipinski definition) is 9. The highest BCUT2D eigenvalue weighted by Gasteiger charge is 2.17. The van der Waals surface area contributed by atoms with Gasteiger partial charge in [0.25, 0.3) is 10.8 Å². The monoisotopic (exact) mass is 464 g/mol. The van der Waals surface area contributed by atoms with Crippen molar-refractivity contribution in [2.45, 2.75) is 24.4 Å². The Labute approximate surface area is 192 Å². The van der Waals surface area contributed by atoms with Crippen molar-refractivity contribution in [2.24, 2.45) is 0 Å². The van der Waals surface area contributed by atoms with Crippen LogP contribution in [0.3, 0.4) is 0 Å². The molecule has 0 atom stereocenters. The van der Waals surface area contributed by atoms with Crippen LogP contribution < -0.4 is 15.0 Å². The highest BCUT2D eigenvalue weighted by Crippen LogP contribution is 2.33. The van der Waals surface area contributed by atoms with Crippen molar-refractivity contribution in [1.29, 1.82) is 0 Å². The molecule has 10 nitrogen and oxygen atoms in total. The first-order chi connectivity index (χ1) is 16.1. The second-order valence-corrected chi connectivity index (χ2v) is 7.98. The quantitative estimate of drug-likeness (QED) is 0.335. The lowest BCUT2D eigenvalue weighted by molar-refractivity contribution is 0.355. The van der Waals surface area contributed by atoms with Crippen LogP contribution in [-0.4, -0.2) is 43.6 Å². The topological polar surface area (TPSA) is 110 Å². The molecule has 168 valence electrons. The minimum absolute atomic E-state index is 0.0799. The molecule has 0 radical (unpaired) electrons. The molecule has 0 saturated carbocycles. The Hall–Kier alpha value is -3.86. The van der Waals surface area contributed by atoms with E-state index in [2.05, 4.69) is 20.4 Å². The number of hydrogen-bond donors (Lipinski definition) is 0. The Morgan fingerprint density at radius 2 is 1.82 bits per heavy atom. The van der Waals surface area contributed by atoms with Gasteiger partial charge in [-0.1, -0.05) is 23.9 Å². The van der Waals surface area contributed by atoms with Crippen molar-refractivity contribution in [3.8, 4) is 23.0 Å². The molecule has 33 heavy (non-hydrogen) atoms. The minimum Gasteiger partial charge on any atom is -0.493 e. The van der Waals surface area contributed by atoms with E-state index in [4.69, 9.17) is 13.9 Å². The van der Waals surface area contributed by atoms with Gasteiger partial charge in [0.15, 0.2) is 11.5 Å². The molecule has 0 aliphatic heterocycles. The van der Waals surface area contributed by atoms with Gasteiger partial charge in [-0.05, 0) is 37.3 Å². The molecule has 0 aliphatic rings. The molecule has 5 aromatic rings. The lowest BCUT2D eigenvalue weighted by atomic mass is 10.2. The molecule has 11 heteroatoms. The summed E-state index contributed by atoms with van der Waals surface area (Å²) in [5.74, 6) is 3.18. The third-order valence-corrected chi connectivity index (χ3v) is 6.07. The second-order valence-electron chi connectivity index (χ2n) is 7.05. The van der Waals surface area contributed by atoms with Crippen molar-refractivity contribution in [3.63, 3.8) is 0 Å². The van der Waals surface area contributed by atoms with Gasteiger partial charge < -0.3 is 13.9 Å². The zero-order valence-corrected chi connectivity index (χ0v) is 19.0. The van der Waals surface area contributed by atoms with Crippen LogP contribution in [0.2, 0.25) is 0 Å². The number of benzene rings is 2. The van der Waals surface area contributed by atoms with Gasteiger partial charge in [-0.25, -0.2) is 0 Å². The Bertz CT molecular complexity index is 1520. The first-order valence-corrected chi connectivity index (χ1v) is 11.2. The average Bonchev–Trinajstić information content (AvgIpc) is 3.50. The zero-order chi connectivity index (χ0) is 22.9. The highest BCUT2D eigenvalue weighted by atomic mass is 32.2. The summed E-state index contributed by atoms with van der Waals surface area (Å²) >= 11 is 1.35. The summed E-state index contributed by atoms with van der Waals surface area (Å²) in [5.41, 5.74) is 1.40. The number of aryl methyl sites for hydroxylation is 1. The van der Waals surface area contributed by atoms with E-state index >= 15 is 0 Å². The van der Waals surface area contributed by atoms with E-state index in [1.54, 1.807) is 30.9 Å². The van der Waals surface area contributed by atoms with Gasteiger partial charge in [-0.3, -0.25) is 13.8 Å². The second kappa shape index (κ2) is 8.58. The predicted molar refractivity (Wildman–Crippen MR) is 123 cm³/mol. The molecule has 0 amide bonds. The van der Waals surface area contributed by atoms with Crippen LogP contribution >= 0.6 is 11.8 Å². The molecular weight excluding hydrogens is 444 g/mol. The molecule has 0 bridgehead atoms. The predicted octanol–water partition coefficient (Wildman–Crippen LogP) is 3.42. The molecule has 0 unspecified atom stereocenters. The van der Waals surface area contributed by atoms with Gasteiger partial charge in [0.1, 0.15) is 5.82 Å². The third kappa shape index (κ3) is 3.59. The number of rotatable bonds is 7. The number of fused-ring (bicyclic) bond motifs is 3. The fourth-order valence-electron chi connectivity index (χ4n) is 3.67. The summed E-state index contributed by atoms with van der Waals surface area (Å²) < 4.78 is 20.0. The maximum Gasteiger partial charge on any atom is 0.277 e. The molecule has 0 fully saturated rings. The number of aromatic nitrogens is 6. The van der Waals surface area contributed by atoms with Crippen LogP contribution in [0, 0.1) is 0 Å². The molecule has 0 saturated heterocycles. The van der Waals surface area contributed by atoms with Crippen molar-refractivity contribution >= 4 is 28.4 Å². The van der Waals surface area contributed by atoms with Crippen LogP contribution in [0.1, 0.15) is 12.7 Å². The number of nitrogens with zero attached hydrogens (tertiary/aromatic N) is 6. The lowest BCUT2D eigenvalue weighted by Crippen LogP contribution is -2.22. The molecule has 0 aliphatic carbocycles. The van der Waals surface area contributed by atoms with E-state index in [9.17, 15) is 4.79 Å². The minimum atomic E-state index is -0.0799. The number of thioether (sulfide) groups is 1. The molecular formula is C22H20N6O4S. The van der Waals surface area contributed by atoms with Crippen LogP contribution in [0.4, 0.5) is 0 Å². The summed E-state index contributed by atoms with van der Waals surface area (Å²) in [6, 6.07) is 12.8. The van der Waals surface area contributed by atoms with Crippen molar-refractivity contribution in [3.05, 3.63) is 58.6 Å². The normalized spacial score (nSPS) is 11.4. The smallest absolute Gasteiger partial charge is 0.277 e. The molecule has 3 aromatic heterocycles. The molecule has 5 rings (SSSR count). The van der Waals surface area contributed by atoms with Gasteiger partial charge in [0.2, 0.25) is 11.7 Å². The van der Waals surface area contributed by atoms with Crippen molar-refractivity contribution < 1.29 is 13.9 Å². The molecule has 3 heterocycles. The van der Waals surface area contributed by atoms with Crippen molar-refractivity contribution in [1.82, 2.24) is 29.4 Å². The first-order valence-electron chi connectivity index (χ1n) is 10.2. The van der Waals surface area contributed by atoms with Crippen LogP contribution in [0.5, 0.6) is 11.5 Å². The van der Waals surface area contributed by atoms with Gasteiger partial charge >= 0.3 is 0 Å². The highest BCUT2D eigenvalue weighted by molar-refractivity contribution is 7.98. The van der Waals surface area contributed by atoms with E-state index in [0.717, 1.165) is 11.1 Å². The van der Waals surface area contributed by atoms with Crippen LogP contribution in [0.25, 0.3) is 28.1 Å². The molecule has 2 aromatic carbocycles. The van der Waals surface area contributed by atoms with E-state index in [-0.39, 0.29) is 5.56 Å². The van der Waals surface area contributed by atoms with Crippen molar-refractivity contribution in [2.75, 3.05) is 14.2 Å². The number of methoxy groups -OCH3 is 2. The fourth-order valence-corrected chi connectivity index (χ4v) is 4.35. The Morgan fingerprint density at radius 3 is 2.61 bits per heavy atom. The summed E-state index contributed by atoms with van der Waals surface area (Å²) in [7, 11) is 3.15. The van der Waals surface area contributed by atoms with Gasteiger partial charge in [-0.2, -0.15) is 0 Å². The zero-order valence-electron chi connectivity index (χ0n) is 18.2. The maximum atomic E-state index is 12.8. The van der Waals surface area contributed by atoms with E-state index < -0.39 is 0 Å². The third-order valence-electron chi connectivity index (χ3n) is 5.25. The van der Waals surface area contributed by atoms with Crippen LogP contribution in [-0.2, 0) is 12.3 Å². The Balaban J connectivity index is 1.45. The largest absolute Gasteiger partial charge is 0.493 e. The van der Waals surface area contributed by atoms with Crippen LogP contribution in [0.15, 0.2) is 56.9 Å². The summed E-state index contributed by atoms with van der Waals surface area (Å²) in [6.07, 6.45) is 0. The number of ether oxygens (including phenoxy) is 2. The summed E-state index contributed by atoms with van der Waals surface area (Å²) in [4.78, 5) is 12.8. The van der Waals surface area contributed by atoms with E-state index in [1.807, 2.05) is 41.7 Å². The standard InChI is InChI=1S/C22H20N6O4S/c1-4-27-20(29)14-7-5-6-8-15(14)28-18(23-25-21(27)28)12-33-22-26-24-19(32-22)13-9-10-16(30-2)17(11-13)31-3/h5-11H,4,12H2,1-3H3. The summed E-state index contributed by atoms with van der Waals surface area (Å²) in [5, 5.41) is 17.9. The van der Waals surface area contributed by atoms with Gasteiger partial charge in [0.05, 0.1) is 30.9 Å². The summed E-state index contributed by atoms with van der Waals surface area (Å²) in [6.45, 7) is 2.41. The maximum absolute atomic E-state index is 12.8. The molecule has 0 spiro atoms. The Kier molecular flexibility index (Phi) is 5.47. The number of para-hydroxylation sites is 1. The van der Waals surface area contributed by atoms with Gasteiger partial charge in [-0.15, -0.1) is 20.4 Å². The first kappa shape index (κ1) is 21.0. The Morgan fingerprint density at radius 1 is 1.00 bits per heavy atom.